The van der Waals surface area contributed by atoms with E-state index in [1.807, 2.05) is 42.1 Å². The highest BCUT2D eigenvalue weighted by Crippen LogP contribution is 2.30. The second kappa shape index (κ2) is 9.09. The Bertz CT molecular complexity index is 1260. The average molecular weight is 465 g/mol. The normalized spacial score (nSPS) is 13.9. The van der Waals surface area contributed by atoms with Gasteiger partial charge in [0.15, 0.2) is 6.61 Å². The molecule has 0 saturated heterocycles. The lowest BCUT2D eigenvalue weighted by atomic mass is 10.0. The topological polar surface area (TPSA) is 111 Å². The van der Waals surface area contributed by atoms with E-state index in [0.717, 1.165) is 16.5 Å². The molecule has 0 aliphatic carbocycles. The number of hydrogen-bond acceptors (Lipinski definition) is 5. The molecule has 0 spiro atoms. The van der Waals surface area contributed by atoms with Gasteiger partial charge in [0.05, 0.1) is 5.69 Å². The number of nitrogens with zero attached hydrogens (tertiary/aromatic N) is 1. The number of hydrogen-bond donors (Lipinski definition) is 3. The number of aryl methyl sites for hydroxylation is 1. The number of fused-ring (bicyclic) bond motifs is 2. The highest BCUT2D eigenvalue weighted by Gasteiger charge is 2.26. The summed E-state index contributed by atoms with van der Waals surface area (Å²) in [6.45, 7) is 5.20. The van der Waals surface area contributed by atoms with E-state index in [1.54, 1.807) is 39.0 Å². The summed E-state index contributed by atoms with van der Waals surface area (Å²) >= 11 is 0. The monoisotopic (exact) mass is 464 g/mol. The number of para-hydroxylation sites is 1. The Kier molecular flexibility index (Phi) is 6.19. The van der Waals surface area contributed by atoms with Crippen molar-refractivity contribution in [3.05, 3.63) is 54.2 Å². The summed E-state index contributed by atoms with van der Waals surface area (Å²) in [7, 11) is 1.94. The van der Waals surface area contributed by atoms with Gasteiger partial charge in [0.2, 0.25) is 5.91 Å². The molecule has 0 saturated carbocycles. The first kappa shape index (κ1) is 23.2. The molecule has 9 heteroatoms. The van der Waals surface area contributed by atoms with Gasteiger partial charge in [-0.15, -0.1) is 0 Å². The van der Waals surface area contributed by atoms with Crippen LogP contribution in [0.4, 0.5) is 16.2 Å². The fourth-order valence-corrected chi connectivity index (χ4v) is 3.85. The maximum Gasteiger partial charge on any atom is 0.408 e. The molecule has 3 N–H and O–H groups in total. The lowest BCUT2D eigenvalue weighted by Gasteiger charge is -2.24. The molecule has 178 valence electrons. The smallest absolute Gasteiger partial charge is 0.408 e. The third-order valence-corrected chi connectivity index (χ3v) is 5.29. The van der Waals surface area contributed by atoms with Crippen molar-refractivity contribution in [1.82, 2.24) is 9.88 Å². The first-order chi connectivity index (χ1) is 16.1. The molecule has 0 bridgehead atoms. The van der Waals surface area contributed by atoms with Gasteiger partial charge < -0.3 is 30.0 Å². The SMILES string of the molecule is Cn1cc(C[C@H](NC(=O)OC(C)(C)C)C(=O)Nc2ccc3c(c2)OCC(=O)N3)c2ccccc21. The molecule has 0 fully saturated rings. The summed E-state index contributed by atoms with van der Waals surface area (Å²) in [5.41, 5.74) is 2.26. The maximum absolute atomic E-state index is 13.3. The number of carbonyl (C=O) groups excluding carboxylic acids is 3. The zero-order chi connectivity index (χ0) is 24.5. The molecule has 3 aromatic rings. The molecule has 1 aliphatic heterocycles. The van der Waals surface area contributed by atoms with Crippen LogP contribution in [0.25, 0.3) is 10.9 Å². The van der Waals surface area contributed by atoms with E-state index in [0.29, 0.717) is 17.1 Å². The van der Waals surface area contributed by atoms with Crippen LogP contribution in [-0.2, 0) is 27.8 Å². The van der Waals surface area contributed by atoms with Gasteiger partial charge in [-0.1, -0.05) is 18.2 Å². The van der Waals surface area contributed by atoms with Crippen molar-refractivity contribution in [3.8, 4) is 5.75 Å². The van der Waals surface area contributed by atoms with Crippen LogP contribution in [0.2, 0.25) is 0 Å². The molecule has 0 radical (unpaired) electrons. The summed E-state index contributed by atoms with van der Waals surface area (Å²) in [5.74, 6) is -0.178. The third kappa shape index (κ3) is 5.31. The predicted octanol–water partition coefficient (Wildman–Crippen LogP) is 3.58. The van der Waals surface area contributed by atoms with Crippen LogP contribution in [0.5, 0.6) is 5.75 Å². The Balaban J connectivity index is 1.57. The molecular weight excluding hydrogens is 436 g/mol. The minimum absolute atomic E-state index is 0.0890. The summed E-state index contributed by atoms with van der Waals surface area (Å²) in [5, 5.41) is 9.27. The Morgan fingerprint density at radius 3 is 2.74 bits per heavy atom. The molecule has 2 aromatic carbocycles. The Hall–Kier alpha value is -4.01. The minimum Gasteiger partial charge on any atom is -0.482 e. The molecule has 34 heavy (non-hydrogen) atoms. The highest BCUT2D eigenvalue weighted by atomic mass is 16.6. The minimum atomic E-state index is -0.891. The average Bonchev–Trinajstić information content (AvgIpc) is 3.07. The second-order valence-corrected chi connectivity index (χ2v) is 9.22. The van der Waals surface area contributed by atoms with E-state index in [2.05, 4.69) is 16.0 Å². The van der Waals surface area contributed by atoms with Crippen molar-refractivity contribution in [1.29, 1.82) is 0 Å². The van der Waals surface area contributed by atoms with Crippen molar-refractivity contribution in [2.75, 3.05) is 17.2 Å². The number of aromatic nitrogens is 1. The first-order valence-corrected chi connectivity index (χ1v) is 11.0. The van der Waals surface area contributed by atoms with Gasteiger partial charge in [-0.25, -0.2) is 4.79 Å². The van der Waals surface area contributed by atoms with Gasteiger partial charge >= 0.3 is 6.09 Å². The van der Waals surface area contributed by atoms with Crippen molar-refractivity contribution in [2.24, 2.45) is 7.05 Å². The zero-order valence-electron chi connectivity index (χ0n) is 19.6. The predicted molar refractivity (Wildman–Crippen MR) is 129 cm³/mol. The van der Waals surface area contributed by atoms with E-state index in [4.69, 9.17) is 9.47 Å². The molecule has 2 heterocycles. The van der Waals surface area contributed by atoms with Gasteiger partial charge in [-0.3, -0.25) is 9.59 Å². The van der Waals surface area contributed by atoms with Gasteiger partial charge in [0.25, 0.3) is 5.91 Å². The van der Waals surface area contributed by atoms with Crippen LogP contribution in [0.3, 0.4) is 0 Å². The van der Waals surface area contributed by atoms with Gasteiger partial charge in [-0.05, 0) is 44.5 Å². The van der Waals surface area contributed by atoms with Crippen LogP contribution >= 0.6 is 0 Å². The van der Waals surface area contributed by atoms with Crippen LogP contribution in [0.15, 0.2) is 48.7 Å². The molecule has 3 amide bonds. The summed E-state index contributed by atoms with van der Waals surface area (Å²) < 4.78 is 12.8. The van der Waals surface area contributed by atoms with Crippen molar-refractivity contribution < 1.29 is 23.9 Å². The number of anilines is 2. The van der Waals surface area contributed by atoms with Crippen LogP contribution in [-0.4, -0.2) is 40.7 Å². The fourth-order valence-electron chi connectivity index (χ4n) is 3.85. The van der Waals surface area contributed by atoms with Crippen LogP contribution < -0.4 is 20.7 Å². The van der Waals surface area contributed by atoms with E-state index in [9.17, 15) is 14.4 Å². The third-order valence-electron chi connectivity index (χ3n) is 5.29. The Morgan fingerprint density at radius 1 is 1.21 bits per heavy atom. The number of alkyl carbamates (subject to hydrolysis) is 1. The molecular formula is C25H28N4O5. The van der Waals surface area contributed by atoms with Crippen LogP contribution in [0.1, 0.15) is 26.3 Å². The van der Waals surface area contributed by atoms with Crippen molar-refractivity contribution in [2.45, 2.75) is 38.8 Å². The summed E-state index contributed by atoms with van der Waals surface area (Å²) in [6.07, 6.45) is 1.55. The lowest BCUT2D eigenvalue weighted by molar-refractivity contribution is -0.119. The largest absolute Gasteiger partial charge is 0.482 e. The zero-order valence-corrected chi connectivity index (χ0v) is 19.6. The quantitative estimate of drug-likeness (QED) is 0.535. The molecule has 9 nitrogen and oxygen atoms in total. The fraction of sp³-hybridized carbons (Fsp3) is 0.320. The number of nitrogens with one attached hydrogen (secondary N) is 3. The molecule has 0 unspecified atom stereocenters. The molecule has 1 aliphatic rings. The number of ether oxygens (including phenoxy) is 2. The number of amides is 3. The highest BCUT2D eigenvalue weighted by molar-refractivity contribution is 5.99. The maximum atomic E-state index is 13.3. The lowest BCUT2D eigenvalue weighted by Crippen LogP contribution is -2.47. The first-order valence-electron chi connectivity index (χ1n) is 11.0. The number of benzene rings is 2. The molecule has 1 aromatic heterocycles. The van der Waals surface area contributed by atoms with Gasteiger partial charge in [0.1, 0.15) is 17.4 Å². The van der Waals surface area contributed by atoms with Crippen molar-refractivity contribution in [3.63, 3.8) is 0 Å². The summed E-state index contributed by atoms with van der Waals surface area (Å²) in [4.78, 5) is 37.3. The molecule has 4 rings (SSSR count). The van der Waals surface area contributed by atoms with E-state index >= 15 is 0 Å². The number of carbonyl (C=O) groups is 3. The number of rotatable bonds is 5. The Morgan fingerprint density at radius 2 is 1.97 bits per heavy atom. The van der Waals surface area contributed by atoms with Crippen LogP contribution in [0, 0.1) is 0 Å². The van der Waals surface area contributed by atoms with E-state index in [1.165, 1.54) is 0 Å². The van der Waals surface area contributed by atoms with Gasteiger partial charge in [-0.2, -0.15) is 0 Å². The van der Waals surface area contributed by atoms with Crippen molar-refractivity contribution >= 4 is 40.2 Å². The van der Waals surface area contributed by atoms with E-state index < -0.39 is 23.6 Å². The second-order valence-electron chi connectivity index (χ2n) is 9.22. The van der Waals surface area contributed by atoms with E-state index in [-0.39, 0.29) is 18.9 Å². The van der Waals surface area contributed by atoms with Gasteiger partial charge in [0, 0.05) is 42.3 Å². The standard InChI is InChI=1S/C25H28N4O5/c1-25(2,3)34-24(32)28-19(11-15-13-29(4)20-8-6-5-7-17(15)20)23(31)26-16-9-10-18-21(12-16)33-14-22(30)27-18/h5-10,12-13,19H,11,14H2,1-4H3,(H,26,31)(H,27,30)(H,28,32)/t19-/m0/s1. The summed E-state index contributed by atoms with van der Waals surface area (Å²) in [6, 6.07) is 11.9. The molecule has 1 atom stereocenters. The Labute approximate surface area is 197 Å².